The number of ether oxygens (including phenoxy) is 2. The van der Waals surface area contributed by atoms with Crippen LogP contribution in [0, 0.1) is 0 Å². The molecule has 0 saturated carbocycles. The van der Waals surface area contributed by atoms with Gasteiger partial charge in [-0.2, -0.15) is 0 Å². The Labute approximate surface area is 111 Å². The van der Waals surface area contributed by atoms with E-state index in [1.807, 2.05) is 0 Å². The van der Waals surface area contributed by atoms with Gasteiger partial charge >= 0.3 is 0 Å². The molecular formula is C14H16N2O3. The molecule has 0 aliphatic heterocycles. The molecule has 19 heavy (non-hydrogen) atoms. The fourth-order valence-electron chi connectivity index (χ4n) is 1.87. The van der Waals surface area contributed by atoms with E-state index in [-0.39, 0.29) is 0 Å². The lowest BCUT2D eigenvalue weighted by atomic mass is 10.0. The highest BCUT2D eigenvalue weighted by Crippen LogP contribution is 2.34. The number of hydrogen-bond acceptors (Lipinski definition) is 5. The van der Waals surface area contributed by atoms with Gasteiger partial charge in [-0.3, -0.25) is 4.98 Å². The van der Waals surface area contributed by atoms with Crippen LogP contribution < -0.4 is 15.2 Å². The molecule has 2 aromatic rings. The predicted molar refractivity (Wildman–Crippen MR) is 72.3 cm³/mol. The molecule has 0 spiro atoms. The Hall–Kier alpha value is -2.27. The van der Waals surface area contributed by atoms with Gasteiger partial charge in [0.2, 0.25) is 0 Å². The maximum Gasteiger partial charge on any atom is 0.125 e. The van der Waals surface area contributed by atoms with Gasteiger partial charge in [0.25, 0.3) is 0 Å². The van der Waals surface area contributed by atoms with Crippen molar-refractivity contribution in [3.8, 4) is 11.5 Å². The van der Waals surface area contributed by atoms with Crippen LogP contribution in [0.2, 0.25) is 0 Å². The van der Waals surface area contributed by atoms with E-state index in [1.54, 1.807) is 50.9 Å². The number of rotatable bonds is 4. The molecule has 1 unspecified atom stereocenters. The first-order chi connectivity index (χ1) is 9.17. The summed E-state index contributed by atoms with van der Waals surface area (Å²) in [5, 5.41) is 10.4. The van der Waals surface area contributed by atoms with E-state index in [2.05, 4.69) is 4.98 Å². The Morgan fingerprint density at radius 1 is 1.16 bits per heavy atom. The van der Waals surface area contributed by atoms with Crippen molar-refractivity contribution in [1.29, 1.82) is 0 Å². The first-order valence-electron chi connectivity index (χ1n) is 5.76. The third-order valence-corrected chi connectivity index (χ3v) is 2.91. The van der Waals surface area contributed by atoms with E-state index in [1.165, 1.54) is 0 Å². The molecule has 5 heteroatoms. The van der Waals surface area contributed by atoms with Crippen LogP contribution in [0.25, 0.3) is 0 Å². The van der Waals surface area contributed by atoms with Crippen molar-refractivity contribution in [3.63, 3.8) is 0 Å². The van der Waals surface area contributed by atoms with Gasteiger partial charge in [-0.25, -0.2) is 0 Å². The van der Waals surface area contributed by atoms with Crippen LogP contribution in [0.15, 0.2) is 36.7 Å². The molecule has 1 heterocycles. The molecule has 0 aliphatic rings. The average molecular weight is 260 g/mol. The predicted octanol–water partition coefficient (Wildman–Crippen LogP) is 1.76. The lowest BCUT2D eigenvalue weighted by molar-refractivity contribution is 0.214. The van der Waals surface area contributed by atoms with Gasteiger partial charge in [-0.15, -0.1) is 0 Å². The van der Waals surface area contributed by atoms with E-state index >= 15 is 0 Å². The number of nitrogen functional groups attached to an aromatic ring is 1. The molecule has 0 radical (unpaired) electrons. The Kier molecular flexibility index (Phi) is 3.87. The smallest absolute Gasteiger partial charge is 0.125 e. The van der Waals surface area contributed by atoms with Gasteiger partial charge in [-0.05, 0) is 24.3 Å². The third-order valence-electron chi connectivity index (χ3n) is 2.91. The first-order valence-corrected chi connectivity index (χ1v) is 5.76. The van der Waals surface area contributed by atoms with Gasteiger partial charge in [0.1, 0.15) is 17.6 Å². The Balaban J connectivity index is 2.48. The quantitative estimate of drug-likeness (QED) is 0.876. The van der Waals surface area contributed by atoms with Crippen LogP contribution in [-0.2, 0) is 0 Å². The van der Waals surface area contributed by atoms with E-state index in [9.17, 15) is 5.11 Å². The minimum Gasteiger partial charge on any atom is -0.497 e. The van der Waals surface area contributed by atoms with Gasteiger partial charge in [0.05, 0.1) is 14.2 Å². The maximum atomic E-state index is 10.4. The number of aliphatic hydroxyl groups is 1. The van der Waals surface area contributed by atoms with E-state index < -0.39 is 6.10 Å². The SMILES string of the molecule is COc1ccc(OC)c(C(O)c2cnccc2N)c1. The second-order valence-electron chi connectivity index (χ2n) is 4.02. The summed E-state index contributed by atoms with van der Waals surface area (Å²) in [4.78, 5) is 3.98. The molecule has 2 rings (SSSR count). The van der Waals surface area contributed by atoms with Crippen LogP contribution in [0.4, 0.5) is 5.69 Å². The Morgan fingerprint density at radius 3 is 2.58 bits per heavy atom. The summed E-state index contributed by atoms with van der Waals surface area (Å²) < 4.78 is 10.4. The largest absolute Gasteiger partial charge is 0.497 e. The fourth-order valence-corrected chi connectivity index (χ4v) is 1.87. The topological polar surface area (TPSA) is 77.6 Å². The summed E-state index contributed by atoms with van der Waals surface area (Å²) in [6.07, 6.45) is 2.20. The highest BCUT2D eigenvalue weighted by Gasteiger charge is 2.18. The van der Waals surface area contributed by atoms with Crippen molar-refractivity contribution in [1.82, 2.24) is 4.98 Å². The van der Waals surface area contributed by atoms with Crippen molar-refractivity contribution in [2.75, 3.05) is 20.0 Å². The highest BCUT2D eigenvalue weighted by molar-refractivity contribution is 5.52. The summed E-state index contributed by atoms with van der Waals surface area (Å²) in [6, 6.07) is 6.87. The second-order valence-corrected chi connectivity index (χ2v) is 4.02. The van der Waals surface area contributed by atoms with Gasteiger partial charge < -0.3 is 20.3 Å². The maximum absolute atomic E-state index is 10.4. The zero-order chi connectivity index (χ0) is 13.8. The molecule has 0 fully saturated rings. The number of hydrogen-bond donors (Lipinski definition) is 2. The molecular weight excluding hydrogens is 244 g/mol. The second kappa shape index (κ2) is 5.58. The summed E-state index contributed by atoms with van der Waals surface area (Å²) in [6.45, 7) is 0. The minimum absolute atomic E-state index is 0.479. The van der Waals surface area contributed by atoms with Gasteiger partial charge in [0, 0.05) is 29.2 Å². The molecule has 1 atom stereocenters. The van der Waals surface area contributed by atoms with Crippen molar-refractivity contribution >= 4 is 5.69 Å². The zero-order valence-corrected chi connectivity index (χ0v) is 10.8. The Bertz CT molecular complexity index is 572. The third kappa shape index (κ3) is 2.61. The number of methoxy groups -OCH3 is 2. The molecule has 0 aliphatic carbocycles. The molecule has 0 bridgehead atoms. The molecule has 5 nitrogen and oxygen atoms in total. The molecule has 100 valence electrons. The monoisotopic (exact) mass is 260 g/mol. The van der Waals surface area contributed by atoms with Gasteiger partial charge in [-0.1, -0.05) is 0 Å². The normalized spacial score (nSPS) is 11.9. The Morgan fingerprint density at radius 2 is 1.95 bits per heavy atom. The number of benzene rings is 1. The minimum atomic E-state index is -0.918. The number of nitrogens with zero attached hydrogens (tertiary/aromatic N) is 1. The molecule has 0 amide bonds. The van der Waals surface area contributed by atoms with E-state index in [0.29, 0.717) is 28.3 Å². The first kappa shape index (κ1) is 13.2. The number of aliphatic hydroxyl groups excluding tert-OH is 1. The lowest BCUT2D eigenvalue weighted by Gasteiger charge is -2.17. The molecule has 1 aromatic carbocycles. The molecule has 0 saturated heterocycles. The number of anilines is 1. The molecule has 3 N–H and O–H groups in total. The summed E-state index contributed by atoms with van der Waals surface area (Å²) in [5.41, 5.74) is 7.45. The average Bonchev–Trinajstić information content (AvgIpc) is 2.46. The number of pyridine rings is 1. The summed E-state index contributed by atoms with van der Waals surface area (Å²) >= 11 is 0. The summed E-state index contributed by atoms with van der Waals surface area (Å²) in [5.74, 6) is 1.20. The lowest BCUT2D eigenvalue weighted by Crippen LogP contribution is -2.06. The van der Waals surface area contributed by atoms with Crippen LogP contribution in [0.1, 0.15) is 17.2 Å². The number of aromatic nitrogens is 1. The van der Waals surface area contributed by atoms with Gasteiger partial charge in [0.15, 0.2) is 0 Å². The fraction of sp³-hybridized carbons (Fsp3) is 0.214. The van der Waals surface area contributed by atoms with E-state index in [4.69, 9.17) is 15.2 Å². The molecule has 1 aromatic heterocycles. The van der Waals surface area contributed by atoms with Crippen LogP contribution in [0.3, 0.4) is 0 Å². The summed E-state index contributed by atoms with van der Waals surface area (Å²) in [7, 11) is 3.11. The van der Waals surface area contributed by atoms with Crippen LogP contribution in [0.5, 0.6) is 11.5 Å². The zero-order valence-electron chi connectivity index (χ0n) is 10.8. The highest BCUT2D eigenvalue weighted by atomic mass is 16.5. The van der Waals surface area contributed by atoms with Crippen LogP contribution >= 0.6 is 0 Å². The standard InChI is InChI=1S/C14H16N2O3/c1-18-9-3-4-13(19-2)10(7-9)14(17)11-8-16-6-5-12(11)15/h3-8,14,17H,1-2H3,(H2,15,16). The van der Waals surface area contributed by atoms with E-state index in [0.717, 1.165) is 0 Å². The van der Waals surface area contributed by atoms with Crippen molar-refractivity contribution in [2.24, 2.45) is 0 Å². The van der Waals surface area contributed by atoms with Crippen molar-refractivity contribution in [2.45, 2.75) is 6.10 Å². The van der Waals surface area contributed by atoms with Crippen LogP contribution in [-0.4, -0.2) is 24.3 Å². The number of nitrogens with two attached hydrogens (primary N) is 1. The van der Waals surface area contributed by atoms with Crippen molar-refractivity contribution < 1.29 is 14.6 Å². The van der Waals surface area contributed by atoms with Crippen molar-refractivity contribution in [3.05, 3.63) is 47.8 Å².